The Labute approximate surface area is 119 Å². The maximum absolute atomic E-state index is 9.81. The Bertz CT molecular complexity index is 613. The second kappa shape index (κ2) is 6.02. The van der Waals surface area contributed by atoms with E-state index in [0.29, 0.717) is 24.0 Å². The van der Waals surface area contributed by atoms with Crippen molar-refractivity contribution in [1.29, 1.82) is 0 Å². The van der Waals surface area contributed by atoms with Gasteiger partial charge in [-0.25, -0.2) is 0 Å². The molecule has 2 aromatic rings. The number of benzene rings is 2. The molecule has 0 fully saturated rings. The van der Waals surface area contributed by atoms with Gasteiger partial charge < -0.3 is 20.4 Å². The first kappa shape index (κ1) is 14.5. The molecule has 0 amide bonds. The first-order valence-corrected chi connectivity index (χ1v) is 6.93. The van der Waals surface area contributed by atoms with Gasteiger partial charge in [-0.3, -0.25) is 0 Å². The molecule has 0 heterocycles. The summed E-state index contributed by atoms with van der Waals surface area (Å²) in [6.45, 7) is 0. The molecule has 0 aliphatic heterocycles. The average Bonchev–Trinajstić information content (AvgIpc) is 2.43. The van der Waals surface area contributed by atoms with Gasteiger partial charge in [0.25, 0.3) is 0 Å². The van der Waals surface area contributed by atoms with Crippen molar-refractivity contribution in [2.75, 3.05) is 0 Å². The van der Waals surface area contributed by atoms with Gasteiger partial charge in [0.1, 0.15) is 0 Å². The predicted octanol–water partition coefficient (Wildman–Crippen LogP) is 3.06. The zero-order valence-corrected chi connectivity index (χ0v) is 12.0. The maximum Gasteiger partial charge on any atom is 0.161 e. The van der Waals surface area contributed by atoms with Gasteiger partial charge in [-0.15, -0.1) is 9.24 Å². The van der Waals surface area contributed by atoms with Crippen LogP contribution in [-0.2, 0) is 6.42 Å². The molecular formula is C15H17O4P. The van der Waals surface area contributed by atoms with Crippen LogP contribution >= 0.6 is 9.24 Å². The molecular weight excluding hydrogens is 275 g/mol. The van der Waals surface area contributed by atoms with Crippen molar-refractivity contribution in [3.8, 4) is 23.0 Å². The second-order valence-electron chi connectivity index (χ2n) is 4.65. The molecule has 2 rings (SSSR count). The minimum Gasteiger partial charge on any atom is -0.504 e. The standard InChI is InChI=1S/C15H17O4P/c16-11-5-1-3-9(14(11)18)7-8-13(20)10-4-2-6-12(17)15(10)19/h1-6,13,16-19H,7-8,20H2. The lowest BCUT2D eigenvalue weighted by Crippen LogP contribution is -1.95. The number of hydrogen-bond donors (Lipinski definition) is 4. The summed E-state index contributed by atoms with van der Waals surface area (Å²) in [6.07, 6.45) is 1.18. The van der Waals surface area contributed by atoms with Crippen molar-refractivity contribution >= 4 is 9.24 Å². The third kappa shape index (κ3) is 2.97. The Morgan fingerprint density at radius 2 is 1.45 bits per heavy atom. The topological polar surface area (TPSA) is 80.9 Å². The van der Waals surface area contributed by atoms with E-state index in [1.54, 1.807) is 24.3 Å². The molecule has 0 saturated heterocycles. The van der Waals surface area contributed by atoms with Gasteiger partial charge in [-0.1, -0.05) is 24.3 Å². The molecule has 0 aromatic heterocycles. The summed E-state index contributed by atoms with van der Waals surface area (Å²) in [4.78, 5) is 0. The van der Waals surface area contributed by atoms with Crippen molar-refractivity contribution in [3.63, 3.8) is 0 Å². The van der Waals surface area contributed by atoms with Crippen LogP contribution in [0, 0.1) is 0 Å². The van der Waals surface area contributed by atoms with E-state index >= 15 is 0 Å². The molecule has 2 aromatic carbocycles. The molecule has 0 aliphatic rings. The van der Waals surface area contributed by atoms with Gasteiger partial charge in [-0.2, -0.15) is 0 Å². The minimum atomic E-state index is -0.143. The van der Waals surface area contributed by atoms with E-state index in [4.69, 9.17) is 0 Å². The third-order valence-corrected chi connectivity index (χ3v) is 3.96. The highest BCUT2D eigenvalue weighted by Gasteiger charge is 2.14. The van der Waals surface area contributed by atoms with Gasteiger partial charge in [0.2, 0.25) is 0 Å². The molecule has 20 heavy (non-hydrogen) atoms. The Morgan fingerprint density at radius 1 is 0.850 bits per heavy atom. The van der Waals surface area contributed by atoms with Crippen LogP contribution in [0.2, 0.25) is 0 Å². The molecule has 0 bridgehead atoms. The first-order valence-electron chi connectivity index (χ1n) is 6.27. The van der Waals surface area contributed by atoms with Crippen LogP contribution < -0.4 is 0 Å². The van der Waals surface area contributed by atoms with E-state index in [9.17, 15) is 20.4 Å². The average molecular weight is 292 g/mol. The summed E-state index contributed by atoms with van der Waals surface area (Å²) >= 11 is 0. The zero-order valence-electron chi connectivity index (χ0n) is 10.8. The summed E-state index contributed by atoms with van der Waals surface area (Å²) in [5.41, 5.74) is 1.22. The number of aromatic hydroxyl groups is 4. The molecule has 0 radical (unpaired) electrons. The molecule has 106 valence electrons. The zero-order chi connectivity index (χ0) is 14.7. The number of hydrogen-bond acceptors (Lipinski definition) is 4. The van der Waals surface area contributed by atoms with Gasteiger partial charge >= 0.3 is 0 Å². The van der Waals surface area contributed by atoms with E-state index in [0.717, 1.165) is 0 Å². The predicted molar refractivity (Wildman–Crippen MR) is 80.3 cm³/mol. The first-order chi connectivity index (χ1) is 9.50. The summed E-state index contributed by atoms with van der Waals surface area (Å²) in [7, 11) is 2.61. The number of rotatable bonds is 4. The normalized spacial score (nSPS) is 12.2. The summed E-state index contributed by atoms with van der Waals surface area (Å²) in [6, 6.07) is 9.69. The van der Waals surface area contributed by atoms with Crippen LogP contribution in [-0.4, -0.2) is 20.4 Å². The van der Waals surface area contributed by atoms with E-state index in [2.05, 4.69) is 9.24 Å². The maximum atomic E-state index is 9.81. The molecule has 5 heteroatoms. The number of para-hydroxylation sites is 2. The Kier molecular flexibility index (Phi) is 4.35. The fourth-order valence-corrected chi connectivity index (χ4v) is 2.53. The van der Waals surface area contributed by atoms with Crippen LogP contribution in [0.5, 0.6) is 23.0 Å². The molecule has 2 unspecified atom stereocenters. The molecule has 0 spiro atoms. The lowest BCUT2D eigenvalue weighted by Gasteiger charge is -2.14. The molecule has 0 aliphatic carbocycles. The fraction of sp³-hybridized carbons (Fsp3) is 0.200. The fourth-order valence-electron chi connectivity index (χ4n) is 2.09. The van der Waals surface area contributed by atoms with Crippen LogP contribution in [0.15, 0.2) is 36.4 Å². The van der Waals surface area contributed by atoms with E-state index in [1.165, 1.54) is 12.1 Å². The molecule has 0 saturated carbocycles. The number of phenolic OH excluding ortho intramolecular Hbond substituents is 4. The van der Waals surface area contributed by atoms with Gasteiger partial charge in [-0.05, 0) is 30.5 Å². The Hall–Kier alpha value is -1.93. The highest BCUT2D eigenvalue weighted by Crippen LogP contribution is 2.39. The summed E-state index contributed by atoms with van der Waals surface area (Å²) < 4.78 is 0. The number of aryl methyl sites for hydroxylation is 1. The Morgan fingerprint density at radius 3 is 2.15 bits per heavy atom. The van der Waals surface area contributed by atoms with Crippen LogP contribution in [0.4, 0.5) is 0 Å². The third-order valence-electron chi connectivity index (χ3n) is 3.27. The van der Waals surface area contributed by atoms with Crippen LogP contribution in [0.25, 0.3) is 0 Å². The Balaban J connectivity index is 2.11. The lowest BCUT2D eigenvalue weighted by molar-refractivity contribution is 0.396. The highest BCUT2D eigenvalue weighted by atomic mass is 31.0. The van der Waals surface area contributed by atoms with Crippen LogP contribution in [0.1, 0.15) is 23.2 Å². The minimum absolute atomic E-state index is 0.0659. The summed E-state index contributed by atoms with van der Waals surface area (Å²) in [5, 5.41) is 38.5. The largest absolute Gasteiger partial charge is 0.504 e. The number of phenols is 4. The van der Waals surface area contributed by atoms with E-state index in [1.807, 2.05) is 0 Å². The van der Waals surface area contributed by atoms with Crippen molar-refractivity contribution in [3.05, 3.63) is 47.5 Å². The van der Waals surface area contributed by atoms with Gasteiger partial charge in [0, 0.05) is 11.2 Å². The van der Waals surface area contributed by atoms with Crippen molar-refractivity contribution in [2.45, 2.75) is 18.5 Å². The quantitative estimate of drug-likeness (QED) is 0.516. The highest BCUT2D eigenvalue weighted by molar-refractivity contribution is 7.17. The molecule has 2 atom stereocenters. The molecule has 4 nitrogen and oxygen atoms in total. The SMILES string of the molecule is Oc1cccc(CCC(P)c2cccc(O)c2O)c1O. The van der Waals surface area contributed by atoms with E-state index < -0.39 is 0 Å². The van der Waals surface area contributed by atoms with E-state index in [-0.39, 0.29) is 28.7 Å². The monoisotopic (exact) mass is 292 g/mol. The van der Waals surface area contributed by atoms with Crippen molar-refractivity contribution < 1.29 is 20.4 Å². The van der Waals surface area contributed by atoms with Crippen molar-refractivity contribution in [2.24, 2.45) is 0 Å². The van der Waals surface area contributed by atoms with Crippen LogP contribution in [0.3, 0.4) is 0 Å². The summed E-state index contributed by atoms with van der Waals surface area (Å²) in [5.74, 6) is -0.504. The van der Waals surface area contributed by atoms with Crippen molar-refractivity contribution in [1.82, 2.24) is 0 Å². The second-order valence-corrected chi connectivity index (χ2v) is 5.45. The molecule has 4 N–H and O–H groups in total. The smallest absolute Gasteiger partial charge is 0.161 e. The van der Waals surface area contributed by atoms with Gasteiger partial charge in [0.05, 0.1) is 0 Å². The van der Waals surface area contributed by atoms with Gasteiger partial charge in [0.15, 0.2) is 23.0 Å². The lowest BCUT2D eigenvalue weighted by atomic mass is 10.0.